The lowest BCUT2D eigenvalue weighted by molar-refractivity contribution is -0.122. The summed E-state index contributed by atoms with van der Waals surface area (Å²) in [5, 5.41) is 2.96. The summed E-state index contributed by atoms with van der Waals surface area (Å²) in [7, 11) is 0. The molecule has 1 aromatic rings. The molecule has 134 valence electrons. The molecule has 0 saturated heterocycles. The third-order valence-corrected chi connectivity index (χ3v) is 5.37. The maximum absolute atomic E-state index is 12.8. The minimum Gasteiger partial charge on any atom is -0.372 e. The number of amides is 1. The summed E-state index contributed by atoms with van der Waals surface area (Å²) in [6.07, 6.45) is 1.67. The number of nitrogens with zero attached hydrogens (tertiary/aromatic N) is 1. The van der Waals surface area contributed by atoms with Gasteiger partial charge in [-0.15, -0.1) is 0 Å². The summed E-state index contributed by atoms with van der Waals surface area (Å²) in [5.74, 6) is 0.0873. The van der Waals surface area contributed by atoms with Gasteiger partial charge in [0, 0.05) is 48.8 Å². The molecule has 0 bridgehead atoms. The van der Waals surface area contributed by atoms with Gasteiger partial charge in [-0.1, -0.05) is 26.0 Å². The second kappa shape index (κ2) is 6.66. The molecule has 1 aromatic carbocycles. The Morgan fingerprint density at radius 2 is 1.72 bits per heavy atom. The molecular weight excluding hydrogens is 312 g/mol. The highest BCUT2D eigenvalue weighted by Crippen LogP contribution is 2.44. The molecule has 3 rings (SSSR count). The quantitative estimate of drug-likeness (QED) is 0.907. The summed E-state index contributed by atoms with van der Waals surface area (Å²) in [4.78, 5) is 27.3. The van der Waals surface area contributed by atoms with E-state index in [4.69, 9.17) is 0 Å². The molecule has 0 fully saturated rings. The molecule has 4 nitrogen and oxygen atoms in total. The Kier molecular flexibility index (Phi) is 4.72. The highest BCUT2D eigenvalue weighted by molar-refractivity contribution is 6.02. The summed E-state index contributed by atoms with van der Waals surface area (Å²) < 4.78 is 0. The van der Waals surface area contributed by atoms with E-state index >= 15 is 0 Å². The van der Waals surface area contributed by atoms with E-state index in [1.807, 2.05) is 0 Å². The number of hydrogen-bond acceptors (Lipinski definition) is 3. The van der Waals surface area contributed by atoms with Crippen molar-refractivity contribution in [2.24, 2.45) is 5.41 Å². The summed E-state index contributed by atoms with van der Waals surface area (Å²) in [5.41, 5.74) is 3.83. The highest BCUT2D eigenvalue weighted by atomic mass is 16.2. The number of rotatable bonds is 4. The standard InChI is InChI=1S/C21H28N2O2/c1-5-23(6-2)15-9-7-14(8-10-15)16-11-19(25)22-17-12-21(3,4)13-18(24)20(16)17/h7-10,16H,5-6,11-13H2,1-4H3,(H,22,25)/t16-/m0/s1. The van der Waals surface area contributed by atoms with Crippen molar-refractivity contribution in [2.75, 3.05) is 18.0 Å². The predicted octanol–water partition coefficient (Wildman–Crippen LogP) is 3.78. The van der Waals surface area contributed by atoms with Crippen LogP contribution in [0.3, 0.4) is 0 Å². The average molecular weight is 340 g/mol. The molecule has 1 heterocycles. The molecule has 0 radical (unpaired) electrons. The molecule has 1 amide bonds. The Bertz CT molecular complexity index is 712. The minimum absolute atomic E-state index is 0.0158. The van der Waals surface area contributed by atoms with Crippen LogP contribution in [0, 0.1) is 5.41 Å². The normalized spacial score (nSPS) is 22.5. The average Bonchev–Trinajstić information content (AvgIpc) is 2.54. The van der Waals surface area contributed by atoms with Crippen LogP contribution in [-0.2, 0) is 9.59 Å². The summed E-state index contributed by atoms with van der Waals surface area (Å²) in [6, 6.07) is 8.36. The Labute approximate surface area is 150 Å². The molecule has 1 aliphatic heterocycles. The van der Waals surface area contributed by atoms with Crippen molar-refractivity contribution in [2.45, 2.75) is 52.9 Å². The molecule has 0 aromatic heterocycles. The van der Waals surface area contributed by atoms with Crippen molar-refractivity contribution in [3.05, 3.63) is 41.1 Å². The van der Waals surface area contributed by atoms with Crippen LogP contribution in [0.15, 0.2) is 35.5 Å². The van der Waals surface area contributed by atoms with Gasteiger partial charge in [-0.3, -0.25) is 9.59 Å². The van der Waals surface area contributed by atoms with Crippen molar-refractivity contribution < 1.29 is 9.59 Å². The van der Waals surface area contributed by atoms with E-state index in [0.717, 1.165) is 36.3 Å². The van der Waals surface area contributed by atoms with Crippen LogP contribution in [0.25, 0.3) is 0 Å². The van der Waals surface area contributed by atoms with Crippen LogP contribution >= 0.6 is 0 Å². The maximum atomic E-state index is 12.8. The Hall–Kier alpha value is -2.10. The Morgan fingerprint density at radius 3 is 2.32 bits per heavy atom. The molecular formula is C21H28N2O2. The van der Waals surface area contributed by atoms with Crippen molar-refractivity contribution >= 4 is 17.4 Å². The number of hydrogen-bond donors (Lipinski definition) is 1. The molecule has 1 aliphatic carbocycles. The predicted molar refractivity (Wildman–Crippen MR) is 101 cm³/mol. The van der Waals surface area contributed by atoms with Gasteiger partial charge < -0.3 is 10.2 Å². The minimum atomic E-state index is -0.113. The van der Waals surface area contributed by atoms with E-state index in [2.05, 4.69) is 62.2 Å². The summed E-state index contributed by atoms with van der Waals surface area (Å²) >= 11 is 0. The van der Waals surface area contributed by atoms with Crippen molar-refractivity contribution in [1.29, 1.82) is 0 Å². The first-order chi connectivity index (χ1) is 11.8. The molecule has 25 heavy (non-hydrogen) atoms. The smallest absolute Gasteiger partial charge is 0.225 e. The monoisotopic (exact) mass is 340 g/mol. The second-order valence-electron chi connectivity index (χ2n) is 7.90. The zero-order chi connectivity index (χ0) is 18.2. The number of nitrogens with one attached hydrogen (secondary N) is 1. The lowest BCUT2D eigenvalue weighted by atomic mass is 9.70. The largest absolute Gasteiger partial charge is 0.372 e. The third kappa shape index (κ3) is 3.48. The number of carbonyl (C=O) groups excluding carboxylic acids is 2. The van der Waals surface area contributed by atoms with E-state index in [0.29, 0.717) is 12.8 Å². The lowest BCUT2D eigenvalue weighted by Gasteiger charge is -2.38. The van der Waals surface area contributed by atoms with Crippen LogP contribution in [-0.4, -0.2) is 24.8 Å². The van der Waals surface area contributed by atoms with Gasteiger partial charge in [0.05, 0.1) is 0 Å². The van der Waals surface area contributed by atoms with Gasteiger partial charge in [-0.2, -0.15) is 0 Å². The third-order valence-electron chi connectivity index (χ3n) is 5.37. The number of benzene rings is 1. The van der Waals surface area contributed by atoms with Crippen LogP contribution in [0.1, 0.15) is 58.4 Å². The first kappa shape index (κ1) is 17.7. The zero-order valence-electron chi connectivity index (χ0n) is 15.7. The number of allylic oxidation sites excluding steroid dienone is 2. The second-order valence-corrected chi connectivity index (χ2v) is 7.90. The van der Waals surface area contributed by atoms with Crippen LogP contribution in [0.4, 0.5) is 5.69 Å². The molecule has 1 N–H and O–H groups in total. The van der Waals surface area contributed by atoms with Crippen molar-refractivity contribution in [3.63, 3.8) is 0 Å². The molecule has 2 aliphatic rings. The molecule has 0 spiro atoms. The lowest BCUT2D eigenvalue weighted by Crippen LogP contribution is -2.40. The van der Waals surface area contributed by atoms with E-state index in [-0.39, 0.29) is 23.0 Å². The van der Waals surface area contributed by atoms with E-state index in [9.17, 15) is 9.59 Å². The maximum Gasteiger partial charge on any atom is 0.225 e. The van der Waals surface area contributed by atoms with Gasteiger partial charge in [0.25, 0.3) is 0 Å². The number of carbonyl (C=O) groups is 2. The summed E-state index contributed by atoms with van der Waals surface area (Å²) in [6.45, 7) is 10.4. The highest BCUT2D eigenvalue weighted by Gasteiger charge is 2.40. The molecule has 0 saturated carbocycles. The van der Waals surface area contributed by atoms with Crippen molar-refractivity contribution in [3.8, 4) is 0 Å². The van der Waals surface area contributed by atoms with E-state index in [1.54, 1.807) is 0 Å². The van der Waals surface area contributed by atoms with Gasteiger partial charge in [0.15, 0.2) is 5.78 Å². The first-order valence-electron chi connectivity index (χ1n) is 9.25. The fraction of sp³-hybridized carbons (Fsp3) is 0.524. The topological polar surface area (TPSA) is 49.4 Å². The zero-order valence-corrected chi connectivity index (χ0v) is 15.7. The number of ketones is 1. The first-order valence-corrected chi connectivity index (χ1v) is 9.25. The van der Waals surface area contributed by atoms with Gasteiger partial charge >= 0.3 is 0 Å². The van der Waals surface area contributed by atoms with Crippen LogP contribution in [0.5, 0.6) is 0 Å². The Balaban J connectivity index is 1.96. The van der Waals surface area contributed by atoms with E-state index < -0.39 is 0 Å². The molecule has 0 unspecified atom stereocenters. The fourth-order valence-corrected chi connectivity index (χ4v) is 4.15. The van der Waals surface area contributed by atoms with Crippen LogP contribution < -0.4 is 10.2 Å². The van der Waals surface area contributed by atoms with Crippen molar-refractivity contribution in [1.82, 2.24) is 5.32 Å². The number of Topliss-reactive ketones (excluding diaryl/α,β-unsaturated/α-hetero) is 1. The molecule has 1 atom stereocenters. The SMILES string of the molecule is CCN(CC)c1ccc([C@@H]2CC(=O)NC3=C2C(=O)CC(C)(C)C3)cc1. The van der Waals surface area contributed by atoms with Crippen LogP contribution in [0.2, 0.25) is 0 Å². The molecule has 4 heteroatoms. The van der Waals surface area contributed by atoms with Gasteiger partial charge in [-0.25, -0.2) is 0 Å². The van der Waals surface area contributed by atoms with E-state index in [1.165, 1.54) is 5.69 Å². The van der Waals surface area contributed by atoms with Gasteiger partial charge in [0.2, 0.25) is 5.91 Å². The van der Waals surface area contributed by atoms with Gasteiger partial charge in [0.1, 0.15) is 0 Å². The fourth-order valence-electron chi connectivity index (χ4n) is 4.15. The van der Waals surface area contributed by atoms with Gasteiger partial charge in [-0.05, 0) is 43.4 Å². The number of anilines is 1. The Morgan fingerprint density at radius 1 is 1.08 bits per heavy atom.